The number of amides is 1. The first-order valence-corrected chi connectivity index (χ1v) is 8.24. The van der Waals surface area contributed by atoms with E-state index in [0.29, 0.717) is 18.9 Å². The molecule has 0 unspecified atom stereocenters. The number of carbonyl (C=O) groups excluding carboxylic acids is 1. The quantitative estimate of drug-likeness (QED) is 0.837. The molecule has 7 heteroatoms. The molecule has 0 atom stereocenters. The van der Waals surface area contributed by atoms with Crippen molar-refractivity contribution >= 4 is 18.3 Å². The summed E-state index contributed by atoms with van der Waals surface area (Å²) in [5.41, 5.74) is 0.997. The lowest BCUT2D eigenvalue weighted by molar-refractivity contribution is -0.121. The maximum absolute atomic E-state index is 12.0. The number of nitrogens with one attached hydrogen (secondary N) is 2. The number of nitrogens with zero attached hydrogens (tertiary/aromatic N) is 3. The number of halogens is 1. The minimum Gasteiger partial charge on any atom is -0.349 e. The summed E-state index contributed by atoms with van der Waals surface area (Å²) in [5, 5.41) is 14.4. The molecule has 1 aromatic carbocycles. The molecule has 2 aromatic rings. The Bertz CT molecular complexity index is 625. The number of aromatic nitrogens is 3. The van der Waals surface area contributed by atoms with Crippen molar-refractivity contribution in [1.29, 1.82) is 0 Å². The van der Waals surface area contributed by atoms with E-state index >= 15 is 0 Å². The first kappa shape index (κ1) is 18.4. The Morgan fingerprint density at radius 3 is 2.75 bits per heavy atom. The highest BCUT2D eigenvalue weighted by Gasteiger charge is 2.15. The van der Waals surface area contributed by atoms with Crippen LogP contribution in [0.25, 0.3) is 5.69 Å². The van der Waals surface area contributed by atoms with E-state index in [4.69, 9.17) is 0 Å². The van der Waals surface area contributed by atoms with Crippen LogP contribution >= 0.6 is 12.4 Å². The van der Waals surface area contributed by atoms with Gasteiger partial charge in [-0.05, 0) is 50.4 Å². The van der Waals surface area contributed by atoms with Crippen molar-refractivity contribution in [2.45, 2.75) is 32.2 Å². The van der Waals surface area contributed by atoms with E-state index in [1.54, 1.807) is 6.33 Å². The number of benzene rings is 1. The molecule has 1 aliphatic heterocycles. The van der Waals surface area contributed by atoms with Crippen LogP contribution in [-0.2, 0) is 11.3 Å². The second-order valence-electron chi connectivity index (χ2n) is 5.96. The van der Waals surface area contributed by atoms with Gasteiger partial charge in [-0.15, -0.1) is 22.6 Å². The Labute approximate surface area is 148 Å². The van der Waals surface area contributed by atoms with Crippen LogP contribution in [0.15, 0.2) is 36.7 Å². The van der Waals surface area contributed by atoms with Gasteiger partial charge in [0.05, 0.1) is 6.54 Å². The van der Waals surface area contributed by atoms with Crippen LogP contribution in [0, 0.1) is 5.92 Å². The third-order valence-electron chi connectivity index (χ3n) is 4.33. The first-order valence-electron chi connectivity index (χ1n) is 8.24. The van der Waals surface area contributed by atoms with Crippen molar-refractivity contribution in [2.75, 3.05) is 13.1 Å². The lowest BCUT2D eigenvalue weighted by Gasteiger charge is -2.22. The van der Waals surface area contributed by atoms with Crippen LogP contribution in [0.1, 0.15) is 31.5 Å². The Hall–Kier alpha value is -1.92. The largest absolute Gasteiger partial charge is 0.349 e. The molecule has 1 aromatic heterocycles. The summed E-state index contributed by atoms with van der Waals surface area (Å²) in [7, 11) is 0. The van der Waals surface area contributed by atoms with E-state index in [-0.39, 0.29) is 18.3 Å². The summed E-state index contributed by atoms with van der Waals surface area (Å²) in [6.07, 6.45) is 5.58. The molecule has 24 heavy (non-hydrogen) atoms. The van der Waals surface area contributed by atoms with Crippen molar-refractivity contribution in [2.24, 2.45) is 5.92 Å². The normalized spacial score (nSPS) is 14.8. The third-order valence-corrected chi connectivity index (χ3v) is 4.33. The van der Waals surface area contributed by atoms with E-state index in [9.17, 15) is 4.79 Å². The van der Waals surface area contributed by atoms with Gasteiger partial charge in [-0.1, -0.05) is 18.2 Å². The van der Waals surface area contributed by atoms with Gasteiger partial charge in [0.15, 0.2) is 5.82 Å². The van der Waals surface area contributed by atoms with Gasteiger partial charge in [-0.25, -0.2) is 0 Å². The molecule has 0 bridgehead atoms. The van der Waals surface area contributed by atoms with Crippen LogP contribution in [0.3, 0.4) is 0 Å². The second-order valence-corrected chi connectivity index (χ2v) is 5.96. The van der Waals surface area contributed by atoms with Gasteiger partial charge in [0.25, 0.3) is 0 Å². The lowest BCUT2D eigenvalue weighted by atomic mass is 9.93. The molecule has 0 saturated carbocycles. The lowest BCUT2D eigenvalue weighted by Crippen LogP contribution is -2.29. The number of piperidine rings is 1. The van der Waals surface area contributed by atoms with Crippen molar-refractivity contribution in [1.82, 2.24) is 25.4 Å². The number of para-hydroxylation sites is 1. The zero-order valence-electron chi connectivity index (χ0n) is 13.6. The topological polar surface area (TPSA) is 71.8 Å². The van der Waals surface area contributed by atoms with Crippen LogP contribution in [-0.4, -0.2) is 33.8 Å². The van der Waals surface area contributed by atoms with Crippen molar-refractivity contribution in [3.8, 4) is 5.69 Å². The molecule has 1 fully saturated rings. The van der Waals surface area contributed by atoms with Gasteiger partial charge in [-0.3, -0.25) is 9.36 Å². The summed E-state index contributed by atoms with van der Waals surface area (Å²) in [4.78, 5) is 12.0. The summed E-state index contributed by atoms with van der Waals surface area (Å²) < 4.78 is 1.90. The maximum Gasteiger partial charge on any atom is 0.220 e. The van der Waals surface area contributed by atoms with E-state index in [2.05, 4.69) is 20.8 Å². The smallest absolute Gasteiger partial charge is 0.220 e. The molecule has 2 heterocycles. The standard InChI is InChI=1S/C17H23N5O.ClH/c23-17(7-6-14-8-10-18-11-9-14)19-12-16-21-20-13-22(16)15-4-2-1-3-5-15;/h1-5,13-14,18H,6-12H2,(H,19,23);1H. The van der Waals surface area contributed by atoms with Crippen LogP contribution in [0.2, 0.25) is 0 Å². The number of hydrogen-bond acceptors (Lipinski definition) is 4. The fraction of sp³-hybridized carbons (Fsp3) is 0.471. The molecule has 0 aliphatic carbocycles. The number of hydrogen-bond donors (Lipinski definition) is 2. The predicted molar refractivity (Wildman–Crippen MR) is 95.3 cm³/mol. The van der Waals surface area contributed by atoms with Crippen molar-refractivity contribution in [3.05, 3.63) is 42.5 Å². The first-order chi connectivity index (χ1) is 11.3. The van der Waals surface area contributed by atoms with Gasteiger partial charge in [0, 0.05) is 12.1 Å². The fourth-order valence-electron chi connectivity index (χ4n) is 2.96. The highest BCUT2D eigenvalue weighted by molar-refractivity contribution is 5.85. The molecule has 1 aliphatic rings. The molecule has 130 valence electrons. The number of rotatable bonds is 6. The zero-order chi connectivity index (χ0) is 15.9. The minimum atomic E-state index is 0. The molecular weight excluding hydrogens is 326 g/mol. The Morgan fingerprint density at radius 2 is 2.00 bits per heavy atom. The molecule has 0 spiro atoms. The Kier molecular flexibility index (Phi) is 7.21. The average molecular weight is 350 g/mol. The maximum atomic E-state index is 12.0. The summed E-state index contributed by atoms with van der Waals surface area (Å²) >= 11 is 0. The molecule has 2 N–H and O–H groups in total. The number of carbonyl (C=O) groups is 1. The highest BCUT2D eigenvalue weighted by atomic mass is 35.5. The van der Waals surface area contributed by atoms with E-state index < -0.39 is 0 Å². The van der Waals surface area contributed by atoms with Gasteiger partial charge in [0.1, 0.15) is 6.33 Å². The summed E-state index contributed by atoms with van der Waals surface area (Å²) in [6.45, 7) is 2.55. The predicted octanol–water partition coefficient (Wildman–Crippen LogP) is 2.09. The molecule has 0 radical (unpaired) electrons. The average Bonchev–Trinajstić information content (AvgIpc) is 3.08. The van der Waals surface area contributed by atoms with Gasteiger partial charge >= 0.3 is 0 Å². The van der Waals surface area contributed by atoms with Crippen LogP contribution < -0.4 is 10.6 Å². The van der Waals surface area contributed by atoms with E-state index in [0.717, 1.165) is 31.0 Å². The third kappa shape index (κ3) is 5.04. The molecule has 1 saturated heterocycles. The van der Waals surface area contributed by atoms with Crippen LogP contribution in [0.5, 0.6) is 0 Å². The van der Waals surface area contributed by atoms with E-state index in [1.165, 1.54) is 12.8 Å². The monoisotopic (exact) mass is 349 g/mol. The van der Waals surface area contributed by atoms with Crippen molar-refractivity contribution in [3.63, 3.8) is 0 Å². The van der Waals surface area contributed by atoms with Gasteiger partial charge in [-0.2, -0.15) is 0 Å². The van der Waals surface area contributed by atoms with Gasteiger partial charge < -0.3 is 10.6 Å². The molecule has 6 nitrogen and oxygen atoms in total. The summed E-state index contributed by atoms with van der Waals surface area (Å²) in [6, 6.07) is 9.89. The summed E-state index contributed by atoms with van der Waals surface area (Å²) in [5.74, 6) is 1.51. The highest BCUT2D eigenvalue weighted by Crippen LogP contribution is 2.17. The minimum absolute atomic E-state index is 0. The second kappa shape index (κ2) is 9.39. The SMILES string of the molecule is Cl.O=C(CCC1CCNCC1)NCc1nncn1-c1ccccc1. The molecular formula is C17H24ClN5O. The van der Waals surface area contributed by atoms with Crippen LogP contribution in [0.4, 0.5) is 0 Å². The zero-order valence-corrected chi connectivity index (χ0v) is 14.5. The fourth-order valence-corrected chi connectivity index (χ4v) is 2.96. The Balaban J connectivity index is 0.00000208. The van der Waals surface area contributed by atoms with Gasteiger partial charge in [0.2, 0.25) is 5.91 Å². The van der Waals surface area contributed by atoms with E-state index in [1.807, 2.05) is 34.9 Å². The molecule has 1 amide bonds. The molecule has 3 rings (SSSR count). The Morgan fingerprint density at radius 1 is 1.25 bits per heavy atom. The van der Waals surface area contributed by atoms with Crippen molar-refractivity contribution < 1.29 is 4.79 Å².